The van der Waals surface area contributed by atoms with E-state index in [0.29, 0.717) is 10.2 Å². The van der Waals surface area contributed by atoms with Gasteiger partial charge in [-0.1, -0.05) is 22.4 Å². The Morgan fingerprint density at radius 2 is 2.19 bits per heavy atom. The van der Waals surface area contributed by atoms with E-state index in [0.717, 1.165) is 19.3 Å². The Bertz CT molecular complexity index is 417. The summed E-state index contributed by atoms with van der Waals surface area (Å²) >= 11 is 3.19. The maximum Gasteiger partial charge on any atom is 0.229 e. The second-order valence-electron chi connectivity index (χ2n) is 4.12. The highest BCUT2D eigenvalue weighted by Crippen LogP contribution is 2.30. The molecule has 0 radical (unpaired) electrons. The summed E-state index contributed by atoms with van der Waals surface area (Å²) in [6.45, 7) is 0. The number of nitrogens with zero attached hydrogens (tertiary/aromatic N) is 1. The molecule has 0 bridgehead atoms. The molecule has 0 spiro atoms. The third-order valence-corrected chi connectivity index (χ3v) is 3.55. The SMILES string of the molecule is CN(C(=O)C1CCC1)c1ccc(Br)cc1F. The van der Waals surface area contributed by atoms with Crippen molar-refractivity contribution < 1.29 is 9.18 Å². The van der Waals surface area contributed by atoms with Crippen molar-refractivity contribution in [1.82, 2.24) is 0 Å². The first-order chi connectivity index (χ1) is 7.59. The van der Waals surface area contributed by atoms with Gasteiger partial charge in [0.15, 0.2) is 0 Å². The van der Waals surface area contributed by atoms with Crippen LogP contribution in [0, 0.1) is 11.7 Å². The molecule has 1 aliphatic rings. The fraction of sp³-hybridized carbons (Fsp3) is 0.417. The number of rotatable bonds is 2. The summed E-state index contributed by atoms with van der Waals surface area (Å²) < 4.78 is 14.3. The van der Waals surface area contributed by atoms with E-state index in [4.69, 9.17) is 0 Å². The molecular weight excluding hydrogens is 273 g/mol. The van der Waals surface area contributed by atoms with Gasteiger partial charge in [-0.25, -0.2) is 4.39 Å². The molecule has 1 aromatic carbocycles. The summed E-state index contributed by atoms with van der Waals surface area (Å²) in [5, 5.41) is 0. The summed E-state index contributed by atoms with van der Waals surface area (Å²) in [5.41, 5.74) is 0.347. The zero-order chi connectivity index (χ0) is 11.7. The third-order valence-electron chi connectivity index (χ3n) is 3.06. The highest BCUT2D eigenvalue weighted by Gasteiger charge is 2.29. The van der Waals surface area contributed by atoms with E-state index in [2.05, 4.69) is 15.9 Å². The van der Waals surface area contributed by atoms with Gasteiger partial charge in [0, 0.05) is 17.4 Å². The van der Waals surface area contributed by atoms with Gasteiger partial charge in [0.2, 0.25) is 5.91 Å². The summed E-state index contributed by atoms with van der Waals surface area (Å²) in [6, 6.07) is 4.73. The minimum absolute atomic E-state index is 0.0208. The van der Waals surface area contributed by atoms with Crippen molar-refractivity contribution in [1.29, 1.82) is 0 Å². The lowest BCUT2D eigenvalue weighted by Gasteiger charge is -2.29. The molecule has 1 amide bonds. The smallest absolute Gasteiger partial charge is 0.229 e. The van der Waals surface area contributed by atoms with E-state index in [1.54, 1.807) is 19.2 Å². The van der Waals surface area contributed by atoms with E-state index in [1.807, 2.05) is 0 Å². The molecule has 86 valence electrons. The third kappa shape index (κ3) is 2.12. The van der Waals surface area contributed by atoms with Crippen molar-refractivity contribution >= 4 is 27.5 Å². The van der Waals surface area contributed by atoms with Crippen molar-refractivity contribution in [2.45, 2.75) is 19.3 Å². The topological polar surface area (TPSA) is 20.3 Å². The molecule has 16 heavy (non-hydrogen) atoms. The number of carbonyl (C=O) groups is 1. The molecule has 1 fully saturated rings. The van der Waals surface area contributed by atoms with Crippen molar-refractivity contribution in [3.05, 3.63) is 28.5 Å². The Balaban J connectivity index is 2.19. The monoisotopic (exact) mass is 285 g/mol. The van der Waals surface area contributed by atoms with Crippen molar-refractivity contribution in [3.8, 4) is 0 Å². The molecule has 0 aliphatic heterocycles. The van der Waals surface area contributed by atoms with Crippen LogP contribution >= 0.6 is 15.9 Å². The Morgan fingerprint density at radius 3 is 2.69 bits per heavy atom. The van der Waals surface area contributed by atoms with E-state index < -0.39 is 0 Å². The average Bonchev–Trinajstić information content (AvgIpc) is 2.14. The van der Waals surface area contributed by atoms with Gasteiger partial charge in [0.05, 0.1) is 5.69 Å². The number of hydrogen-bond acceptors (Lipinski definition) is 1. The second kappa shape index (κ2) is 4.53. The molecule has 0 heterocycles. The van der Waals surface area contributed by atoms with Gasteiger partial charge in [-0.3, -0.25) is 4.79 Å². The molecule has 0 atom stereocenters. The molecular formula is C12H13BrFNO. The van der Waals surface area contributed by atoms with Crippen LogP contribution in [0.1, 0.15) is 19.3 Å². The van der Waals surface area contributed by atoms with Gasteiger partial charge in [0.1, 0.15) is 5.82 Å². The Hall–Kier alpha value is -0.900. The highest BCUT2D eigenvalue weighted by molar-refractivity contribution is 9.10. The van der Waals surface area contributed by atoms with E-state index in [9.17, 15) is 9.18 Å². The fourth-order valence-corrected chi connectivity index (χ4v) is 2.13. The maximum atomic E-state index is 13.6. The van der Waals surface area contributed by atoms with Crippen LogP contribution in [-0.4, -0.2) is 13.0 Å². The lowest BCUT2D eigenvalue weighted by Crippen LogP contribution is -2.36. The van der Waals surface area contributed by atoms with E-state index in [1.165, 1.54) is 11.0 Å². The van der Waals surface area contributed by atoms with Gasteiger partial charge < -0.3 is 4.90 Å². The molecule has 1 aliphatic carbocycles. The molecule has 0 unspecified atom stereocenters. The van der Waals surface area contributed by atoms with Crippen LogP contribution in [0.2, 0.25) is 0 Å². The normalized spacial score (nSPS) is 15.7. The number of hydrogen-bond donors (Lipinski definition) is 0. The Labute approximate surface area is 103 Å². The molecule has 1 saturated carbocycles. The molecule has 1 aromatic rings. The summed E-state index contributed by atoms with van der Waals surface area (Å²) in [5.74, 6) is -0.259. The molecule has 2 nitrogen and oxygen atoms in total. The van der Waals surface area contributed by atoms with Crippen molar-refractivity contribution in [2.75, 3.05) is 11.9 Å². The van der Waals surface area contributed by atoms with Gasteiger partial charge >= 0.3 is 0 Å². The lowest BCUT2D eigenvalue weighted by molar-refractivity contribution is -0.124. The molecule has 0 saturated heterocycles. The quantitative estimate of drug-likeness (QED) is 0.816. The first kappa shape index (κ1) is 11.6. The van der Waals surface area contributed by atoms with Crippen molar-refractivity contribution in [3.63, 3.8) is 0 Å². The fourth-order valence-electron chi connectivity index (χ4n) is 1.80. The number of halogens is 2. The van der Waals surface area contributed by atoms with E-state index >= 15 is 0 Å². The summed E-state index contributed by atoms with van der Waals surface area (Å²) in [6.07, 6.45) is 2.97. The molecule has 4 heteroatoms. The first-order valence-electron chi connectivity index (χ1n) is 5.32. The van der Waals surface area contributed by atoms with Gasteiger partial charge in [-0.2, -0.15) is 0 Å². The summed E-state index contributed by atoms with van der Waals surface area (Å²) in [7, 11) is 1.63. The minimum Gasteiger partial charge on any atom is -0.313 e. The van der Waals surface area contributed by atoms with Crippen LogP contribution in [0.25, 0.3) is 0 Å². The second-order valence-corrected chi connectivity index (χ2v) is 5.04. The molecule has 0 aromatic heterocycles. The standard InChI is InChI=1S/C12H13BrFNO/c1-15(12(16)8-3-2-4-8)11-6-5-9(13)7-10(11)14/h5-8H,2-4H2,1H3. The van der Waals surface area contributed by atoms with Gasteiger partial charge in [0.25, 0.3) is 0 Å². The number of anilines is 1. The minimum atomic E-state index is -0.371. The number of amides is 1. The van der Waals surface area contributed by atoms with Crippen molar-refractivity contribution in [2.24, 2.45) is 5.92 Å². The number of benzene rings is 1. The number of carbonyl (C=O) groups excluding carboxylic acids is 1. The zero-order valence-corrected chi connectivity index (χ0v) is 10.6. The van der Waals surface area contributed by atoms with Gasteiger partial charge in [-0.05, 0) is 31.0 Å². The van der Waals surface area contributed by atoms with Gasteiger partial charge in [-0.15, -0.1) is 0 Å². The zero-order valence-electron chi connectivity index (χ0n) is 9.04. The highest BCUT2D eigenvalue weighted by atomic mass is 79.9. The molecule has 2 rings (SSSR count). The molecule has 0 N–H and O–H groups in total. The Kier molecular flexibility index (Phi) is 3.28. The maximum absolute atomic E-state index is 13.6. The van der Waals surface area contributed by atoms with Crippen LogP contribution < -0.4 is 4.90 Å². The van der Waals surface area contributed by atoms with Crippen LogP contribution in [0.15, 0.2) is 22.7 Å². The average molecular weight is 286 g/mol. The lowest BCUT2D eigenvalue weighted by atomic mass is 9.84. The predicted molar refractivity (Wildman–Crippen MR) is 64.9 cm³/mol. The van der Waals surface area contributed by atoms with Crippen LogP contribution in [0.5, 0.6) is 0 Å². The van der Waals surface area contributed by atoms with Crippen LogP contribution in [-0.2, 0) is 4.79 Å². The predicted octanol–water partition coefficient (Wildman–Crippen LogP) is 3.35. The Morgan fingerprint density at radius 1 is 1.50 bits per heavy atom. The van der Waals surface area contributed by atoms with Crippen LogP contribution in [0.3, 0.4) is 0 Å². The summed E-state index contributed by atoms with van der Waals surface area (Å²) in [4.78, 5) is 13.3. The van der Waals surface area contributed by atoms with E-state index in [-0.39, 0.29) is 17.6 Å². The van der Waals surface area contributed by atoms with Crippen LogP contribution in [0.4, 0.5) is 10.1 Å². The first-order valence-corrected chi connectivity index (χ1v) is 6.11. The largest absolute Gasteiger partial charge is 0.313 e.